The Kier molecular flexibility index (Phi) is 48.6. The standard InChI is InChI=1S/2C7H13O2.3S.2Sn/c2*1-3-5-6-9-7(8)4-2;;;;;/h2*2-6H2,1H3;;;;;/q;;3*-2;2*+3. The largest absolute Gasteiger partial charge is 2.00 e. The van der Waals surface area contributed by atoms with Gasteiger partial charge in [0, 0.05) is 0 Å². The van der Waals surface area contributed by atoms with Gasteiger partial charge in [0.2, 0.25) is 0 Å². The summed E-state index contributed by atoms with van der Waals surface area (Å²) >= 11 is 2.81. The first kappa shape index (κ1) is 35.7. The Morgan fingerprint density at radius 3 is 1.26 bits per heavy atom. The average molecular weight is 592 g/mol. The Morgan fingerprint density at radius 2 is 1.04 bits per heavy atom. The molecule has 0 aromatic rings. The van der Waals surface area contributed by atoms with Crippen LogP contribution in [0.15, 0.2) is 0 Å². The van der Waals surface area contributed by atoms with E-state index in [1.165, 1.54) is 45.0 Å². The van der Waals surface area contributed by atoms with Crippen molar-refractivity contribution in [3.63, 3.8) is 0 Å². The van der Waals surface area contributed by atoms with Gasteiger partial charge in [0.05, 0.1) is 0 Å². The number of carbonyl (C=O) groups excluding carboxylic acids is 2. The van der Waals surface area contributed by atoms with Gasteiger partial charge in [0.25, 0.3) is 0 Å². The number of hydrogen-bond donors (Lipinski definition) is 0. The minimum atomic E-state index is -0.0368. The van der Waals surface area contributed by atoms with Gasteiger partial charge in [-0.05, 0) is 0 Å². The minimum absolute atomic E-state index is 0. The summed E-state index contributed by atoms with van der Waals surface area (Å²) in [5, 5.41) is 0. The molecule has 4 nitrogen and oxygen atoms in total. The molecule has 0 spiro atoms. The molecule has 0 saturated heterocycles. The second-order valence-corrected chi connectivity index (χ2v) is 7.00. The van der Waals surface area contributed by atoms with Crippen molar-refractivity contribution in [2.75, 3.05) is 13.2 Å². The fourth-order valence-corrected chi connectivity index (χ4v) is 2.17. The van der Waals surface area contributed by atoms with E-state index >= 15 is 0 Å². The summed E-state index contributed by atoms with van der Waals surface area (Å²) in [5.74, 6) is -0.0736. The molecule has 0 aliphatic heterocycles. The van der Waals surface area contributed by atoms with Crippen molar-refractivity contribution in [3.05, 3.63) is 0 Å². The predicted molar refractivity (Wildman–Crippen MR) is 104 cm³/mol. The molecule has 0 bridgehead atoms. The van der Waals surface area contributed by atoms with E-state index in [0.717, 1.165) is 34.6 Å². The molecule has 0 radical (unpaired) electrons. The zero-order valence-corrected chi connectivity index (χ0v) is 22.1. The Balaban J connectivity index is -0.0000000831. The smallest absolute Gasteiger partial charge is 2.00 e. The van der Waals surface area contributed by atoms with Crippen molar-refractivity contribution in [3.8, 4) is 0 Å². The SMILES string of the molecule is CCCCOC(=O)C[CH2][Sn+3].CCCCOC(=O)C[CH2][Sn+3].[S-2].[S-2].[S-2]. The van der Waals surface area contributed by atoms with Crippen molar-refractivity contribution >= 4 is 97.5 Å². The van der Waals surface area contributed by atoms with Crippen LogP contribution in [0.5, 0.6) is 0 Å². The fraction of sp³-hybridized carbons (Fsp3) is 0.857. The molecule has 0 fully saturated rings. The first-order chi connectivity index (χ1) is 9.62. The number of carbonyl (C=O) groups is 2. The minimum Gasteiger partial charge on any atom is -2.00 e. The second kappa shape index (κ2) is 31.4. The fourth-order valence-electron chi connectivity index (χ4n) is 1.01. The number of unbranched alkanes of at least 4 members (excludes halogenated alkanes) is 2. The molecule has 0 N–H and O–H groups in total. The van der Waals surface area contributed by atoms with Crippen LogP contribution in [0.25, 0.3) is 0 Å². The maximum Gasteiger partial charge on any atom is -2.00 e. The predicted octanol–water partition coefficient (Wildman–Crippen LogP) is 2.61. The Hall–Kier alpha value is 1.59. The van der Waals surface area contributed by atoms with Crippen molar-refractivity contribution in [1.29, 1.82) is 0 Å². The Morgan fingerprint density at radius 1 is 0.739 bits per heavy atom. The van der Waals surface area contributed by atoms with Crippen LogP contribution in [-0.4, -0.2) is 70.2 Å². The van der Waals surface area contributed by atoms with Crippen LogP contribution in [0.3, 0.4) is 0 Å². The summed E-state index contributed by atoms with van der Waals surface area (Å²) in [6.45, 7) is 5.37. The third kappa shape index (κ3) is 35.5. The van der Waals surface area contributed by atoms with E-state index in [9.17, 15) is 9.59 Å². The van der Waals surface area contributed by atoms with Gasteiger partial charge >= 0.3 is 151 Å². The van der Waals surface area contributed by atoms with E-state index in [4.69, 9.17) is 9.47 Å². The summed E-state index contributed by atoms with van der Waals surface area (Å²) < 4.78 is 11.7. The maximum absolute atomic E-state index is 10.7. The van der Waals surface area contributed by atoms with Gasteiger partial charge in [-0.15, -0.1) is 0 Å². The second-order valence-electron chi connectivity index (χ2n) is 4.15. The van der Waals surface area contributed by atoms with Gasteiger partial charge in [-0.1, -0.05) is 0 Å². The van der Waals surface area contributed by atoms with E-state index in [1.807, 2.05) is 0 Å². The zero-order chi connectivity index (χ0) is 15.6. The summed E-state index contributed by atoms with van der Waals surface area (Å²) in [6, 6.07) is 0. The van der Waals surface area contributed by atoms with Crippen molar-refractivity contribution in [1.82, 2.24) is 0 Å². The van der Waals surface area contributed by atoms with E-state index in [0.29, 0.717) is 26.1 Å². The van der Waals surface area contributed by atoms with Gasteiger partial charge < -0.3 is 40.5 Å². The van der Waals surface area contributed by atoms with E-state index in [-0.39, 0.29) is 52.4 Å². The van der Waals surface area contributed by atoms with Crippen LogP contribution in [0, 0.1) is 0 Å². The van der Waals surface area contributed by atoms with Crippen LogP contribution in [0.4, 0.5) is 0 Å². The van der Waals surface area contributed by atoms with Gasteiger partial charge in [-0.25, -0.2) is 0 Å². The summed E-state index contributed by atoms with van der Waals surface area (Å²) in [7, 11) is 0. The van der Waals surface area contributed by atoms with Crippen molar-refractivity contribution in [2.45, 2.75) is 61.2 Å². The normalized spacial score (nSPS) is 8.26. The first-order valence-corrected chi connectivity index (χ1v) is 11.3. The van der Waals surface area contributed by atoms with Gasteiger partial charge in [0.15, 0.2) is 0 Å². The zero-order valence-electron chi connectivity index (χ0n) is 13.9. The van der Waals surface area contributed by atoms with E-state index in [2.05, 4.69) is 13.8 Å². The van der Waals surface area contributed by atoms with Crippen LogP contribution < -0.4 is 0 Å². The van der Waals surface area contributed by atoms with Crippen molar-refractivity contribution < 1.29 is 19.1 Å². The third-order valence-electron chi connectivity index (χ3n) is 2.18. The number of hydrogen-bond acceptors (Lipinski definition) is 4. The monoisotopic (exact) mass is 594 g/mol. The molecule has 0 aliphatic rings. The van der Waals surface area contributed by atoms with Crippen LogP contribution >= 0.6 is 0 Å². The van der Waals surface area contributed by atoms with Gasteiger partial charge in [-0.2, -0.15) is 0 Å². The Bertz CT molecular complexity index is 224. The first-order valence-electron chi connectivity index (χ1n) is 7.22. The third-order valence-corrected chi connectivity index (χ3v) is 3.61. The van der Waals surface area contributed by atoms with Crippen LogP contribution in [-0.2, 0) is 59.5 Å². The maximum atomic E-state index is 10.7. The summed E-state index contributed by atoms with van der Waals surface area (Å²) in [5.41, 5.74) is 0. The number of esters is 2. The number of ether oxygens (including phenoxy) is 2. The molecule has 0 atom stereocenters. The van der Waals surface area contributed by atoms with Crippen LogP contribution in [0.2, 0.25) is 8.87 Å². The molecule has 0 saturated carbocycles. The molecule has 0 unspecified atom stereocenters. The quantitative estimate of drug-likeness (QED) is 0.223. The summed E-state index contributed by atoms with van der Waals surface area (Å²) in [4.78, 5) is 21.4. The van der Waals surface area contributed by atoms with E-state index in [1.54, 1.807) is 0 Å². The molecule has 0 aromatic carbocycles. The molecule has 0 amide bonds. The molecule has 23 heavy (non-hydrogen) atoms. The number of rotatable bonds is 10. The van der Waals surface area contributed by atoms with Gasteiger partial charge in [0.1, 0.15) is 0 Å². The molecular formula is C14H26O4S3Sn2. The molecule has 0 aliphatic carbocycles. The summed E-state index contributed by atoms with van der Waals surface area (Å²) in [6.07, 6.45) is 5.35. The van der Waals surface area contributed by atoms with E-state index < -0.39 is 0 Å². The molecule has 9 heteroatoms. The topological polar surface area (TPSA) is 52.6 Å². The van der Waals surface area contributed by atoms with Crippen LogP contribution in [0.1, 0.15) is 52.4 Å². The molecular weight excluding hydrogens is 566 g/mol. The molecule has 0 aromatic heterocycles. The average Bonchev–Trinajstić information content (AvgIpc) is 2.41. The van der Waals surface area contributed by atoms with Gasteiger partial charge in [-0.3, -0.25) is 0 Å². The Labute approximate surface area is 189 Å². The molecule has 0 rings (SSSR count). The van der Waals surface area contributed by atoms with Crippen molar-refractivity contribution in [2.24, 2.45) is 0 Å². The molecule has 132 valence electrons. The molecule has 0 heterocycles.